The van der Waals surface area contributed by atoms with Gasteiger partial charge < -0.3 is 15.4 Å². The van der Waals surface area contributed by atoms with Crippen molar-refractivity contribution in [3.05, 3.63) is 82.9 Å². The molecule has 0 aliphatic carbocycles. The molecule has 156 valence electrons. The number of Topliss-reactive ketones (excluding diaryl/α,β-unsaturated/α-hetero) is 1. The fraction of sp³-hybridized carbons (Fsp3) is 0.292. The molecule has 1 aliphatic rings. The number of ketones is 1. The number of aliphatic hydroxyl groups is 1. The number of nitrogens with zero attached hydrogens (tertiary/aromatic N) is 1. The summed E-state index contributed by atoms with van der Waals surface area (Å²) >= 11 is 0. The molecule has 1 fully saturated rings. The van der Waals surface area contributed by atoms with E-state index < -0.39 is 17.4 Å². The zero-order chi connectivity index (χ0) is 21.7. The Morgan fingerprint density at radius 2 is 1.93 bits per heavy atom. The number of carbonyl (C=O) groups is 2. The van der Waals surface area contributed by atoms with Crippen molar-refractivity contribution in [1.82, 2.24) is 4.90 Å². The van der Waals surface area contributed by atoms with Crippen molar-refractivity contribution in [2.75, 3.05) is 6.54 Å². The highest BCUT2D eigenvalue weighted by Crippen LogP contribution is 2.35. The Bertz CT molecular complexity index is 969. The summed E-state index contributed by atoms with van der Waals surface area (Å²) in [4.78, 5) is 25.7. The molecule has 2 atom stereocenters. The van der Waals surface area contributed by atoms with Crippen LogP contribution >= 0.6 is 0 Å². The van der Waals surface area contributed by atoms with Gasteiger partial charge in [0.05, 0.1) is 6.21 Å². The van der Waals surface area contributed by atoms with E-state index in [4.69, 9.17) is 5.41 Å². The zero-order valence-corrected chi connectivity index (χ0v) is 16.8. The quantitative estimate of drug-likeness (QED) is 0.407. The maximum atomic E-state index is 13.5. The molecule has 3 rings (SSSR count). The molecular formula is C24H25FN2O3. The molecule has 2 aromatic carbocycles. The molecule has 0 unspecified atom stereocenters. The maximum Gasteiger partial charge on any atom is 0.250 e. The molecule has 0 saturated carbocycles. The molecule has 0 aromatic heterocycles. The van der Waals surface area contributed by atoms with E-state index in [2.05, 4.69) is 6.07 Å². The van der Waals surface area contributed by atoms with Crippen LogP contribution in [0.3, 0.4) is 0 Å². The highest BCUT2D eigenvalue weighted by atomic mass is 19.1. The third kappa shape index (κ3) is 4.82. The third-order valence-electron chi connectivity index (χ3n) is 5.65. The molecule has 0 radical (unpaired) electrons. The first kappa shape index (κ1) is 21.4. The van der Waals surface area contributed by atoms with Gasteiger partial charge in [-0.25, -0.2) is 4.39 Å². The molecule has 6 heteroatoms. The van der Waals surface area contributed by atoms with E-state index in [9.17, 15) is 19.1 Å². The molecule has 5 nitrogen and oxygen atoms in total. The Morgan fingerprint density at radius 3 is 2.60 bits per heavy atom. The van der Waals surface area contributed by atoms with Gasteiger partial charge in [-0.05, 0) is 55.0 Å². The minimum atomic E-state index is -0.900. The van der Waals surface area contributed by atoms with Crippen LogP contribution in [0.25, 0.3) is 0 Å². The van der Waals surface area contributed by atoms with E-state index in [-0.39, 0.29) is 17.8 Å². The lowest BCUT2D eigenvalue weighted by Crippen LogP contribution is -2.36. The summed E-state index contributed by atoms with van der Waals surface area (Å²) in [6, 6.07) is 14.4. The number of rotatable bonds is 7. The SMILES string of the molecule is Cc1ccccc1[C@H](C[C@H]1CCCN1C(=O)/C=C(\O)C(=O)C=N)c1ccc(F)cc1. The average Bonchev–Trinajstić information content (AvgIpc) is 3.21. The number of amides is 1. The van der Waals surface area contributed by atoms with Gasteiger partial charge in [0.15, 0.2) is 5.76 Å². The van der Waals surface area contributed by atoms with Gasteiger partial charge in [-0.1, -0.05) is 36.4 Å². The van der Waals surface area contributed by atoms with Crippen LogP contribution in [0, 0.1) is 18.2 Å². The van der Waals surface area contributed by atoms with Gasteiger partial charge in [-0.3, -0.25) is 9.59 Å². The Morgan fingerprint density at radius 1 is 1.23 bits per heavy atom. The molecule has 0 spiro atoms. The Kier molecular flexibility index (Phi) is 6.77. The van der Waals surface area contributed by atoms with Crippen molar-refractivity contribution in [3.63, 3.8) is 0 Å². The van der Waals surface area contributed by atoms with Crippen molar-refractivity contribution in [1.29, 1.82) is 5.41 Å². The average molecular weight is 408 g/mol. The van der Waals surface area contributed by atoms with Crippen LogP contribution in [0.1, 0.15) is 41.9 Å². The fourth-order valence-electron chi connectivity index (χ4n) is 4.10. The summed E-state index contributed by atoms with van der Waals surface area (Å²) in [5.41, 5.74) is 3.22. The molecule has 2 aromatic rings. The Balaban J connectivity index is 1.89. The number of benzene rings is 2. The van der Waals surface area contributed by atoms with Crippen molar-refractivity contribution in [2.45, 2.75) is 38.1 Å². The second kappa shape index (κ2) is 9.48. The van der Waals surface area contributed by atoms with Gasteiger partial charge in [0.1, 0.15) is 5.82 Å². The van der Waals surface area contributed by atoms with Crippen molar-refractivity contribution in [2.24, 2.45) is 0 Å². The highest BCUT2D eigenvalue weighted by Gasteiger charge is 2.31. The molecular weight excluding hydrogens is 383 g/mol. The van der Waals surface area contributed by atoms with Gasteiger partial charge in [-0.2, -0.15) is 0 Å². The summed E-state index contributed by atoms with van der Waals surface area (Å²) in [6.07, 6.45) is 3.65. The molecule has 1 heterocycles. The number of aryl methyl sites for hydroxylation is 1. The number of hydrogen-bond acceptors (Lipinski definition) is 4. The van der Waals surface area contributed by atoms with Gasteiger partial charge >= 0.3 is 0 Å². The predicted molar refractivity (Wildman–Crippen MR) is 113 cm³/mol. The summed E-state index contributed by atoms with van der Waals surface area (Å²) in [5, 5.41) is 16.6. The number of allylic oxidation sites excluding steroid dienone is 1. The second-order valence-electron chi connectivity index (χ2n) is 7.56. The van der Waals surface area contributed by atoms with E-state index >= 15 is 0 Å². The lowest BCUT2D eigenvalue weighted by atomic mass is 9.83. The lowest BCUT2D eigenvalue weighted by Gasteiger charge is -2.29. The zero-order valence-electron chi connectivity index (χ0n) is 16.8. The number of aliphatic hydroxyl groups excluding tert-OH is 1. The molecule has 2 N–H and O–H groups in total. The summed E-state index contributed by atoms with van der Waals surface area (Å²) < 4.78 is 13.5. The largest absolute Gasteiger partial charge is 0.504 e. The van der Waals surface area contributed by atoms with Crippen LogP contribution < -0.4 is 0 Å². The van der Waals surface area contributed by atoms with Crippen LogP contribution in [0.4, 0.5) is 4.39 Å². The minimum absolute atomic E-state index is 0.0222. The van der Waals surface area contributed by atoms with Crippen LogP contribution in [0.2, 0.25) is 0 Å². The van der Waals surface area contributed by atoms with Crippen LogP contribution in [0.5, 0.6) is 0 Å². The van der Waals surface area contributed by atoms with Crippen LogP contribution in [0.15, 0.2) is 60.4 Å². The Labute approximate surface area is 175 Å². The van der Waals surface area contributed by atoms with E-state index in [0.717, 1.165) is 35.6 Å². The summed E-state index contributed by atoms with van der Waals surface area (Å²) in [6.45, 7) is 2.57. The second-order valence-corrected chi connectivity index (χ2v) is 7.56. The van der Waals surface area contributed by atoms with Crippen molar-refractivity contribution >= 4 is 17.9 Å². The van der Waals surface area contributed by atoms with Crippen LogP contribution in [-0.2, 0) is 9.59 Å². The van der Waals surface area contributed by atoms with E-state index in [0.29, 0.717) is 19.2 Å². The molecule has 30 heavy (non-hydrogen) atoms. The van der Waals surface area contributed by atoms with Gasteiger partial charge in [0, 0.05) is 24.6 Å². The highest BCUT2D eigenvalue weighted by molar-refractivity contribution is 6.33. The first-order chi connectivity index (χ1) is 14.4. The molecule has 1 saturated heterocycles. The molecule has 1 amide bonds. The number of hydrogen-bond donors (Lipinski definition) is 2. The first-order valence-electron chi connectivity index (χ1n) is 9.97. The van der Waals surface area contributed by atoms with E-state index in [1.165, 1.54) is 12.1 Å². The van der Waals surface area contributed by atoms with Gasteiger partial charge in [0.2, 0.25) is 5.78 Å². The predicted octanol–water partition coefficient (Wildman–Crippen LogP) is 4.31. The first-order valence-corrected chi connectivity index (χ1v) is 9.97. The molecule has 1 aliphatic heterocycles. The van der Waals surface area contributed by atoms with Crippen molar-refractivity contribution in [3.8, 4) is 0 Å². The van der Waals surface area contributed by atoms with Gasteiger partial charge in [-0.15, -0.1) is 0 Å². The fourth-order valence-corrected chi connectivity index (χ4v) is 4.10. The summed E-state index contributed by atoms with van der Waals surface area (Å²) in [7, 11) is 0. The molecule has 0 bridgehead atoms. The maximum absolute atomic E-state index is 13.5. The van der Waals surface area contributed by atoms with E-state index in [1.807, 2.05) is 25.1 Å². The lowest BCUT2D eigenvalue weighted by molar-refractivity contribution is -0.127. The van der Waals surface area contributed by atoms with Gasteiger partial charge in [0.25, 0.3) is 5.91 Å². The monoisotopic (exact) mass is 408 g/mol. The third-order valence-corrected chi connectivity index (χ3v) is 5.65. The smallest absolute Gasteiger partial charge is 0.250 e. The number of halogens is 1. The normalized spacial score (nSPS) is 17.6. The van der Waals surface area contributed by atoms with Crippen molar-refractivity contribution < 1.29 is 19.1 Å². The number of likely N-dealkylation sites (tertiary alicyclic amines) is 1. The summed E-state index contributed by atoms with van der Waals surface area (Å²) in [5.74, 6) is -2.38. The standard InChI is InChI=1S/C24H25FN2O3/c1-16-5-2-3-7-20(16)21(17-8-10-18(25)11-9-17)13-19-6-4-12-27(19)24(30)14-22(28)23(29)15-26/h2-3,5,7-11,14-15,19,21,26,28H,4,6,12-13H2,1H3/b22-14-,26-15?/t19-,21-/m1/s1. The number of carbonyl (C=O) groups excluding carboxylic acids is 2. The van der Waals surface area contributed by atoms with Crippen LogP contribution in [-0.4, -0.2) is 40.5 Å². The minimum Gasteiger partial charge on any atom is -0.504 e. The number of nitrogens with one attached hydrogen (secondary N) is 1. The topological polar surface area (TPSA) is 81.5 Å². The Hall–Kier alpha value is -3.28. The van der Waals surface area contributed by atoms with E-state index in [1.54, 1.807) is 17.0 Å².